The molecule has 0 aliphatic carbocycles. The van der Waals surface area contributed by atoms with E-state index >= 15 is 0 Å². The van der Waals surface area contributed by atoms with Gasteiger partial charge >= 0.3 is 11.9 Å². The van der Waals surface area contributed by atoms with Crippen LogP contribution in [0, 0.1) is 0 Å². The maximum absolute atomic E-state index is 13.1. The fourth-order valence-corrected chi connectivity index (χ4v) is 7.37. The van der Waals surface area contributed by atoms with Gasteiger partial charge in [-0.15, -0.1) is 22.7 Å². The Morgan fingerprint density at radius 2 is 1.08 bits per heavy atom. The third-order valence-corrected chi connectivity index (χ3v) is 10.4. The van der Waals surface area contributed by atoms with Gasteiger partial charge in [0.25, 0.3) is 0 Å². The van der Waals surface area contributed by atoms with Crippen molar-refractivity contribution in [3.63, 3.8) is 0 Å². The lowest BCUT2D eigenvalue weighted by atomic mass is 10.1. The molecular weight excluding hydrogens is 709 g/mol. The van der Waals surface area contributed by atoms with Crippen molar-refractivity contribution in [2.75, 3.05) is 27.3 Å². The summed E-state index contributed by atoms with van der Waals surface area (Å²) in [4.78, 5) is 27.9. The largest absolute Gasteiger partial charge is 0.438 e. The molecule has 0 radical (unpaired) electrons. The zero-order chi connectivity index (χ0) is 36.1. The fraction of sp³-hybridized carbons (Fsp3) is 0.421. The van der Waals surface area contributed by atoms with E-state index in [0.29, 0.717) is 12.8 Å². The van der Waals surface area contributed by atoms with Crippen LogP contribution in [0.1, 0.15) is 45.9 Å². The van der Waals surface area contributed by atoms with E-state index in [0.717, 1.165) is 20.9 Å². The number of nitrogens with one attached hydrogen (secondary N) is 2. The minimum atomic E-state index is -1.14. The van der Waals surface area contributed by atoms with Gasteiger partial charge in [-0.05, 0) is 48.1 Å². The molecule has 2 aromatic carbocycles. The summed E-state index contributed by atoms with van der Waals surface area (Å²) in [5.74, 6) is -2.28. The molecule has 2 aliphatic rings. The van der Waals surface area contributed by atoms with Crippen molar-refractivity contribution < 1.29 is 47.5 Å². The number of ether oxygens (including phenoxy) is 8. The Labute approximate surface area is 311 Å². The molecule has 2 aromatic heterocycles. The molecule has 12 nitrogen and oxygen atoms in total. The van der Waals surface area contributed by atoms with Gasteiger partial charge in [0.15, 0.2) is 37.6 Å². The maximum Gasteiger partial charge on any atom is 0.419 e. The van der Waals surface area contributed by atoms with Crippen molar-refractivity contribution in [3.05, 3.63) is 117 Å². The summed E-state index contributed by atoms with van der Waals surface area (Å²) >= 11 is 3.01. The highest BCUT2D eigenvalue weighted by Gasteiger charge is 2.35. The van der Waals surface area contributed by atoms with Crippen molar-refractivity contribution in [2.24, 2.45) is 0 Å². The van der Waals surface area contributed by atoms with E-state index in [2.05, 4.69) is 10.6 Å². The molecule has 6 rings (SSSR count). The molecule has 4 aromatic rings. The normalized spacial score (nSPS) is 22.4. The first-order valence-electron chi connectivity index (χ1n) is 17.2. The monoisotopic (exact) mass is 752 g/mol. The number of carbonyl (C=O) groups excluding carboxylic acids is 2. The van der Waals surface area contributed by atoms with Crippen molar-refractivity contribution >= 4 is 34.6 Å². The Morgan fingerprint density at radius 3 is 1.44 bits per heavy atom. The summed E-state index contributed by atoms with van der Waals surface area (Å²) in [5, 5.41) is 9.81. The molecule has 52 heavy (non-hydrogen) atoms. The first-order valence-corrected chi connectivity index (χ1v) is 19.0. The van der Waals surface area contributed by atoms with Gasteiger partial charge in [0, 0.05) is 35.4 Å². The summed E-state index contributed by atoms with van der Waals surface area (Å²) in [5.41, 5.74) is 2.19. The SMILES string of the molecule is CNC(CC(OC1COC(Cc2ccccc2)O1)c1cccs1)OC(=O)C(=O)OC(CC(OC1COC(Cc2ccccc2)O1)c1cccs1)NC. The molecule has 0 saturated carbocycles. The summed E-state index contributed by atoms with van der Waals surface area (Å²) in [7, 11) is 3.27. The van der Waals surface area contributed by atoms with E-state index in [-0.39, 0.29) is 26.1 Å². The Balaban J connectivity index is 1.00. The molecule has 2 saturated heterocycles. The number of rotatable bonds is 18. The van der Waals surface area contributed by atoms with E-state index in [1.54, 1.807) is 14.1 Å². The topological polar surface area (TPSA) is 132 Å². The standard InChI is InChI=1S/C38H44N2O10S2/c1-39-31(21-27(29-15-9-17-51-29)45-35-23-43-33(49-35)19-25-11-5-3-6-12-25)47-37(41)38(42)48-32(40-2)22-28(30-16-10-18-52-30)46-36-24-44-34(50-36)20-26-13-7-4-8-14-26/h3-18,27-28,31-36,39-40H,19-24H2,1-2H3. The Hall–Kier alpha value is -3.54. The second-order valence-corrected chi connectivity index (χ2v) is 14.1. The Kier molecular flexibility index (Phi) is 14.3. The van der Waals surface area contributed by atoms with Crippen molar-refractivity contribution in [1.82, 2.24) is 10.6 Å². The number of hydrogen-bond donors (Lipinski definition) is 2. The first kappa shape index (κ1) is 38.2. The molecular formula is C38H44N2O10S2. The fourth-order valence-electron chi connectivity index (χ4n) is 5.82. The molecule has 2 N–H and O–H groups in total. The highest BCUT2D eigenvalue weighted by atomic mass is 32.1. The number of esters is 2. The number of thiophene rings is 2. The molecule has 2 aliphatic heterocycles. The van der Waals surface area contributed by atoms with Crippen LogP contribution >= 0.6 is 22.7 Å². The molecule has 0 amide bonds. The summed E-state index contributed by atoms with van der Waals surface area (Å²) in [6.07, 6.45) is -3.27. The van der Waals surface area contributed by atoms with E-state index in [9.17, 15) is 9.59 Å². The molecule has 2 fully saturated rings. The van der Waals surface area contributed by atoms with E-state index in [4.69, 9.17) is 37.9 Å². The van der Waals surface area contributed by atoms with E-state index in [1.165, 1.54) is 22.7 Å². The van der Waals surface area contributed by atoms with E-state index in [1.807, 2.05) is 95.7 Å². The average Bonchev–Trinajstić information content (AvgIpc) is 4.01. The van der Waals surface area contributed by atoms with Gasteiger partial charge in [0.2, 0.25) is 0 Å². The average molecular weight is 753 g/mol. The predicted octanol–water partition coefficient (Wildman–Crippen LogP) is 5.47. The quantitative estimate of drug-likeness (QED) is 0.0760. The smallest absolute Gasteiger partial charge is 0.419 e. The zero-order valence-electron chi connectivity index (χ0n) is 29.0. The summed E-state index contributed by atoms with van der Waals surface area (Å²) in [6, 6.07) is 27.6. The van der Waals surface area contributed by atoms with Gasteiger partial charge in [-0.1, -0.05) is 72.8 Å². The molecule has 8 atom stereocenters. The molecule has 4 heterocycles. The number of carbonyl (C=O) groups is 2. The highest BCUT2D eigenvalue weighted by molar-refractivity contribution is 7.10. The first-order chi connectivity index (χ1) is 25.4. The number of hydrogen-bond acceptors (Lipinski definition) is 14. The van der Waals surface area contributed by atoms with Gasteiger partial charge in [-0.25, -0.2) is 9.59 Å². The lowest BCUT2D eigenvalue weighted by Gasteiger charge is -2.26. The van der Waals surface area contributed by atoms with Crippen LogP contribution in [0.25, 0.3) is 0 Å². The third-order valence-electron chi connectivity index (χ3n) is 8.45. The molecule has 278 valence electrons. The van der Waals surface area contributed by atoms with Crippen molar-refractivity contribution in [1.29, 1.82) is 0 Å². The second kappa shape index (κ2) is 19.5. The van der Waals surface area contributed by atoms with Gasteiger partial charge in [0.05, 0.1) is 12.2 Å². The van der Waals surface area contributed by atoms with Crippen LogP contribution in [-0.4, -0.2) is 76.9 Å². The van der Waals surface area contributed by atoms with Crippen LogP contribution < -0.4 is 10.6 Å². The number of benzene rings is 2. The van der Waals surface area contributed by atoms with Crippen molar-refractivity contribution in [2.45, 2.75) is 75.5 Å². The van der Waals surface area contributed by atoms with Crippen LogP contribution in [0.5, 0.6) is 0 Å². The summed E-state index contributed by atoms with van der Waals surface area (Å²) in [6.45, 7) is 0.511. The van der Waals surface area contributed by atoms with Crippen LogP contribution in [0.4, 0.5) is 0 Å². The summed E-state index contributed by atoms with van der Waals surface area (Å²) < 4.78 is 47.6. The van der Waals surface area contributed by atoms with Crippen LogP contribution in [0.15, 0.2) is 95.7 Å². The van der Waals surface area contributed by atoms with Gasteiger partial charge < -0.3 is 37.9 Å². The minimum absolute atomic E-state index is 0.206. The highest BCUT2D eigenvalue weighted by Crippen LogP contribution is 2.33. The second-order valence-electron chi connectivity index (χ2n) is 12.2. The van der Waals surface area contributed by atoms with Gasteiger partial charge in [0.1, 0.15) is 13.2 Å². The zero-order valence-corrected chi connectivity index (χ0v) is 30.6. The Bertz CT molecular complexity index is 1510. The molecule has 0 bridgehead atoms. The van der Waals surface area contributed by atoms with Crippen molar-refractivity contribution in [3.8, 4) is 0 Å². The van der Waals surface area contributed by atoms with E-state index < -0.39 is 61.8 Å². The maximum atomic E-state index is 13.1. The molecule has 0 spiro atoms. The lowest BCUT2D eigenvalue weighted by molar-refractivity contribution is -0.188. The minimum Gasteiger partial charge on any atom is -0.438 e. The van der Waals surface area contributed by atoms with Crippen LogP contribution in [0.3, 0.4) is 0 Å². The Morgan fingerprint density at radius 1 is 0.654 bits per heavy atom. The molecule has 14 heteroatoms. The lowest BCUT2D eigenvalue weighted by Crippen LogP contribution is -2.40. The third kappa shape index (κ3) is 11.2. The van der Waals surface area contributed by atoms with Gasteiger partial charge in [-0.2, -0.15) is 0 Å². The molecule has 8 unspecified atom stereocenters. The predicted molar refractivity (Wildman–Crippen MR) is 193 cm³/mol. The van der Waals surface area contributed by atoms with Gasteiger partial charge in [-0.3, -0.25) is 10.6 Å². The van der Waals surface area contributed by atoms with Crippen LogP contribution in [0.2, 0.25) is 0 Å². The van der Waals surface area contributed by atoms with Crippen LogP contribution in [-0.2, 0) is 60.3 Å².